The fraction of sp³-hybridized carbons (Fsp3) is 0.933. The van der Waals surface area contributed by atoms with Gasteiger partial charge in [-0.3, -0.25) is 9.69 Å². The standard InChI is InChI=1S/C15H28N2O/c1-4-13(12(2)3)11-16-7-9-17(10-8-16)15(18)14-5-6-14/h12-14H,4-11H2,1-3H3/t13-/m0/s1. The zero-order valence-electron chi connectivity index (χ0n) is 12.2. The molecule has 0 spiro atoms. The number of rotatable bonds is 5. The zero-order valence-corrected chi connectivity index (χ0v) is 12.2. The van der Waals surface area contributed by atoms with Gasteiger partial charge in [-0.2, -0.15) is 0 Å². The number of carbonyl (C=O) groups excluding carboxylic acids is 1. The summed E-state index contributed by atoms with van der Waals surface area (Å²) in [5.74, 6) is 2.37. The molecule has 1 atom stereocenters. The first-order valence-corrected chi connectivity index (χ1v) is 7.63. The van der Waals surface area contributed by atoms with Gasteiger partial charge in [-0.15, -0.1) is 0 Å². The lowest BCUT2D eigenvalue weighted by atomic mass is 9.92. The van der Waals surface area contributed by atoms with Crippen molar-refractivity contribution in [3.63, 3.8) is 0 Å². The summed E-state index contributed by atoms with van der Waals surface area (Å²) in [6, 6.07) is 0. The van der Waals surface area contributed by atoms with Gasteiger partial charge in [-0.05, 0) is 24.7 Å². The Labute approximate surface area is 112 Å². The lowest BCUT2D eigenvalue weighted by Crippen LogP contribution is -2.50. The Morgan fingerprint density at radius 3 is 2.22 bits per heavy atom. The normalized spacial score (nSPS) is 23.4. The summed E-state index contributed by atoms with van der Waals surface area (Å²) in [7, 11) is 0. The molecule has 1 saturated heterocycles. The maximum Gasteiger partial charge on any atom is 0.225 e. The fourth-order valence-corrected chi connectivity index (χ4v) is 2.88. The number of nitrogens with zero attached hydrogens (tertiary/aromatic N) is 2. The molecule has 1 amide bonds. The van der Waals surface area contributed by atoms with E-state index in [4.69, 9.17) is 0 Å². The molecule has 0 N–H and O–H groups in total. The maximum absolute atomic E-state index is 12.0. The third-order valence-corrected chi connectivity index (χ3v) is 4.57. The van der Waals surface area contributed by atoms with Crippen LogP contribution >= 0.6 is 0 Å². The smallest absolute Gasteiger partial charge is 0.225 e. The van der Waals surface area contributed by atoms with E-state index in [9.17, 15) is 4.79 Å². The minimum atomic E-state index is 0.385. The third kappa shape index (κ3) is 3.47. The molecule has 1 aliphatic carbocycles. The Balaban J connectivity index is 1.74. The summed E-state index contributed by atoms with van der Waals surface area (Å²) >= 11 is 0. The highest BCUT2D eigenvalue weighted by Gasteiger charge is 2.34. The molecule has 2 fully saturated rings. The predicted molar refractivity (Wildman–Crippen MR) is 74.4 cm³/mol. The van der Waals surface area contributed by atoms with Crippen LogP contribution in [0.25, 0.3) is 0 Å². The Morgan fingerprint density at radius 2 is 1.78 bits per heavy atom. The number of carbonyl (C=O) groups is 1. The van der Waals surface area contributed by atoms with Crippen LogP contribution in [0.2, 0.25) is 0 Å². The highest BCUT2D eigenvalue weighted by atomic mass is 16.2. The highest BCUT2D eigenvalue weighted by Crippen LogP contribution is 2.31. The van der Waals surface area contributed by atoms with Gasteiger partial charge in [-0.25, -0.2) is 0 Å². The van der Waals surface area contributed by atoms with Crippen LogP contribution in [-0.4, -0.2) is 48.4 Å². The monoisotopic (exact) mass is 252 g/mol. The van der Waals surface area contributed by atoms with Gasteiger partial charge in [0.15, 0.2) is 0 Å². The molecule has 1 heterocycles. The van der Waals surface area contributed by atoms with Gasteiger partial charge in [0.2, 0.25) is 5.91 Å². The zero-order chi connectivity index (χ0) is 13.1. The lowest BCUT2D eigenvalue weighted by molar-refractivity contribution is -0.134. The summed E-state index contributed by atoms with van der Waals surface area (Å²) in [6.45, 7) is 12.2. The van der Waals surface area contributed by atoms with Crippen LogP contribution in [0, 0.1) is 17.8 Å². The van der Waals surface area contributed by atoms with Crippen molar-refractivity contribution in [1.29, 1.82) is 0 Å². The van der Waals surface area contributed by atoms with Crippen molar-refractivity contribution < 1.29 is 4.79 Å². The van der Waals surface area contributed by atoms with E-state index in [0.717, 1.165) is 50.9 Å². The second-order valence-electron chi connectivity index (χ2n) is 6.31. The van der Waals surface area contributed by atoms with Crippen LogP contribution in [0.3, 0.4) is 0 Å². The lowest BCUT2D eigenvalue weighted by Gasteiger charge is -2.37. The average Bonchev–Trinajstić information content (AvgIpc) is 3.19. The second kappa shape index (κ2) is 6.05. The molecule has 0 aromatic carbocycles. The first kappa shape index (κ1) is 13.9. The molecule has 18 heavy (non-hydrogen) atoms. The first-order valence-electron chi connectivity index (χ1n) is 7.63. The molecule has 1 aliphatic heterocycles. The van der Waals surface area contributed by atoms with E-state index in [1.54, 1.807) is 0 Å². The van der Waals surface area contributed by atoms with Gasteiger partial charge in [-0.1, -0.05) is 27.2 Å². The minimum absolute atomic E-state index is 0.385. The molecule has 0 bridgehead atoms. The van der Waals surface area contributed by atoms with Crippen LogP contribution in [0.4, 0.5) is 0 Å². The van der Waals surface area contributed by atoms with Crippen LogP contribution in [-0.2, 0) is 4.79 Å². The Hall–Kier alpha value is -0.570. The molecular formula is C15H28N2O. The SMILES string of the molecule is CC[C@@H](CN1CCN(C(=O)C2CC2)CC1)C(C)C. The van der Waals surface area contributed by atoms with Crippen LogP contribution < -0.4 is 0 Å². The summed E-state index contributed by atoms with van der Waals surface area (Å²) in [5.41, 5.74) is 0. The molecule has 0 unspecified atom stereocenters. The van der Waals surface area contributed by atoms with Gasteiger partial charge in [0.1, 0.15) is 0 Å². The maximum atomic E-state index is 12.0. The summed E-state index contributed by atoms with van der Waals surface area (Å²) < 4.78 is 0. The number of hydrogen-bond acceptors (Lipinski definition) is 2. The van der Waals surface area contributed by atoms with E-state index in [-0.39, 0.29) is 0 Å². The van der Waals surface area contributed by atoms with E-state index in [2.05, 4.69) is 30.6 Å². The topological polar surface area (TPSA) is 23.6 Å². The largest absolute Gasteiger partial charge is 0.340 e. The first-order chi connectivity index (χ1) is 8.61. The van der Waals surface area contributed by atoms with Crippen molar-refractivity contribution >= 4 is 5.91 Å². The molecule has 0 aromatic rings. The molecule has 104 valence electrons. The van der Waals surface area contributed by atoms with Crippen LogP contribution in [0.1, 0.15) is 40.0 Å². The number of piperazine rings is 1. The summed E-state index contributed by atoms with van der Waals surface area (Å²) in [6.07, 6.45) is 3.52. The van der Waals surface area contributed by atoms with Gasteiger partial charge in [0, 0.05) is 38.6 Å². The summed E-state index contributed by atoms with van der Waals surface area (Å²) in [5, 5.41) is 0. The molecule has 2 rings (SSSR count). The number of amides is 1. The van der Waals surface area contributed by atoms with Crippen molar-refractivity contribution in [2.45, 2.75) is 40.0 Å². The van der Waals surface area contributed by atoms with Gasteiger partial charge < -0.3 is 4.90 Å². The second-order valence-corrected chi connectivity index (χ2v) is 6.31. The van der Waals surface area contributed by atoms with E-state index < -0.39 is 0 Å². The molecule has 2 aliphatic rings. The van der Waals surface area contributed by atoms with E-state index >= 15 is 0 Å². The minimum Gasteiger partial charge on any atom is -0.340 e. The quantitative estimate of drug-likeness (QED) is 0.749. The fourth-order valence-electron chi connectivity index (χ4n) is 2.88. The van der Waals surface area contributed by atoms with Crippen LogP contribution in [0.5, 0.6) is 0 Å². The Kier molecular flexibility index (Phi) is 4.66. The Morgan fingerprint density at radius 1 is 1.17 bits per heavy atom. The summed E-state index contributed by atoms with van der Waals surface area (Å²) in [4.78, 5) is 16.6. The van der Waals surface area contributed by atoms with Crippen molar-refractivity contribution in [2.75, 3.05) is 32.7 Å². The van der Waals surface area contributed by atoms with Gasteiger partial charge >= 0.3 is 0 Å². The van der Waals surface area contributed by atoms with E-state index in [1.165, 1.54) is 13.0 Å². The van der Waals surface area contributed by atoms with Crippen LogP contribution in [0.15, 0.2) is 0 Å². The van der Waals surface area contributed by atoms with Crippen molar-refractivity contribution in [3.05, 3.63) is 0 Å². The van der Waals surface area contributed by atoms with E-state index in [0.29, 0.717) is 11.8 Å². The molecule has 0 radical (unpaired) electrons. The molecular weight excluding hydrogens is 224 g/mol. The Bertz CT molecular complexity index is 278. The average molecular weight is 252 g/mol. The predicted octanol–water partition coefficient (Wildman–Crippen LogP) is 2.22. The van der Waals surface area contributed by atoms with Crippen molar-refractivity contribution in [1.82, 2.24) is 9.80 Å². The molecule has 1 saturated carbocycles. The number of hydrogen-bond donors (Lipinski definition) is 0. The van der Waals surface area contributed by atoms with Crippen molar-refractivity contribution in [3.8, 4) is 0 Å². The molecule has 0 aromatic heterocycles. The van der Waals surface area contributed by atoms with Gasteiger partial charge in [0.25, 0.3) is 0 Å². The molecule has 3 heteroatoms. The van der Waals surface area contributed by atoms with Crippen molar-refractivity contribution in [2.24, 2.45) is 17.8 Å². The van der Waals surface area contributed by atoms with E-state index in [1.807, 2.05) is 0 Å². The van der Waals surface area contributed by atoms with Gasteiger partial charge in [0.05, 0.1) is 0 Å². The molecule has 3 nitrogen and oxygen atoms in total. The third-order valence-electron chi connectivity index (χ3n) is 4.57. The highest BCUT2D eigenvalue weighted by molar-refractivity contribution is 5.81.